The number of nitrogens with two attached hydrogens (primary N) is 1. The van der Waals surface area contributed by atoms with E-state index in [4.69, 9.17) is 5.73 Å². The lowest BCUT2D eigenvalue weighted by molar-refractivity contribution is 0.248. The third-order valence-corrected chi connectivity index (χ3v) is 3.59. The summed E-state index contributed by atoms with van der Waals surface area (Å²) in [5.74, 6) is 0. The van der Waals surface area contributed by atoms with Crippen LogP contribution in [0.2, 0.25) is 0 Å². The Morgan fingerprint density at radius 2 is 2.14 bits per heavy atom. The van der Waals surface area contributed by atoms with E-state index in [0.717, 1.165) is 28.9 Å². The van der Waals surface area contributed by atoms with Crippen molar-refractivity contribution in [2.24, 2.45) is 5.73 Å². The highest BCUT2D eigenvalue weighted by Crippen LogP contribution is 2.39. The highest BCUT2D eigenvalue weighted by molar-refractivity contribution is 7.16. The first-order valence-electron chi connectivity index (χ1n) is 4.63. The van der Waals surface area contributed by atoms with Crippen molar-refractivity contribution < 1.29 is 0 Å². The van der Waals surface area contributed by atoms with E-state index in [1.807, 2.05) is 0 Å². The summed E-state index contributed by atoms with van der Waals surface area (Å²) in [5, 5.41) is 0. The van der Waals surface area contributed by atoms with Gasteiger partial charge in [0.05, 0.1) is 16.7 Å². The molecule has 3 rings (SSSR count). The van der Waals surface area contributed by atoms with Crippen LogP contribution in [0.25, 0.3) is 10.3 Å². The fraction of sp³-hybridized carbons (Fsp3) is 0.444. The average molecular weight is 206 g/mol. The topological polar surface area (TPSA) is 64.7 Å². The summed E-state index contributed by atoms with van der Waals surface area (Å²) in [6, 6.07) is 0. The maximum absolute atomic E-state index is 6.22. The second kappa shape index (κ2) is 2.71. The van der Waals surface area contributed by atoms with Gasteiger partial charge in [0.15, 0.2) is 0 Å². The molecule has 0 atom stereocenters. The fourth-order valence-electron chi connectivity index (χ4n) is 1.85. The molecule has 72 valence electrons. The van der Waals surface area contributed by atoms with Crippen molar-refractivity contribution in [2.75, 3.05) is 0 Å². The number of rotatable bonds is 1. The molecule has 0 aromatic carbocycles. The van der Waals surface area contributed by atoms with Gasteiger partial charge >= 0.3 is 0 Å². The molecule has 1 fully saturated rings. The molecule has 0 spiro atoms. The highest BCUT2D eigenvalue weighted by Gasteiger charge is 2.37. The molecule has 2 aromatic rings. The van der Waals surface area contributed by atoms with E-state index in [1.54, 1.807) is 11.8 Å². The van der Waals surface area contributed by atoms with Gasteiger partial charge in [0.1, 0.15) is 16.7 Å². The van der Waals surface area contributed by atoms with Crippen LogP contribution in [-0.2, 0) is 5.54 Å². The molecule has 2 N–H and O–H groups in total. The van der Waals surface area contributed by atoms with Crippen LogP contribution in [0.3, 0.4) is 0 Å². The number of aromatic nitrogens is 3. The predicted molar refractivity (Wildman–Crippen MR) is 54.9 cm³/mol. The van der Waals surface area contributed by atoms with Gasteiger partial charge in [0.25, 0.3) is 0 Å². The Morgan fingerprint density at radius 3 is 2.86 bits per heavy atom. The van der Waals surface area contributed by atoms with Crippen molar-refractivity contribution in [3.05, 3.63) is 17.5 Å². The van der Waals surface area contributed by atoms with E-state index < -0.39 is 0 Å². The Labute approximate surface area is 85.2 Å². The molecule has 0 bridgehead atoms. The highest BCUT2D eigenvalue weighted by atomic mass is 32.1. The van der Waals surface area contributed by atoms with E-state index in [2.05, 4.69) is 15.0 Å². The number of hydrogen-bond acceptors (Lipinski definition) is 5. The molecular formula is C9H10N4S. The SMILES string of the molecule is NC1(c2ncnc3scnc23)CCC1. The zero-order valence-corrected chi connectivity index (χ0v) is 8.42. The lowest BCUT2D eigenvalue weighted by atomic mass is 9.75. The first kappa shape index (κ1) is 8.26. The Morgan fingerprint density at radius 1 is 1.29 bits per heavy atom. The molecule has 0 unspecified atom stereocenters. The molecule has 4 nitrogen and oxygen atoms in total. The Bertz CT molecular complexity index is 474. The second-order valence-corrected chi connectivity index (χ2v) is 4.57. The lowest BCUT2D eigenvalue weighted by Crippen LogP contribution is -2.44. The van der Waals surface area contributed by atoms with Crippen LogP contribution in [0.1, 0.15) is 25.0 Å². The van der Waals surface area contributed by atoms with Gasteiger partial charge in [0, 0.05) is 0 Å². The standard InChI is InChI=1S/C9H10N4S/c10-9(2-1-3-9)7-6-8(12-4-11-7)14-5-13-6/h4-5H,1-3,10H2. The van der Waals surface area contributed by atoms with Crippen LogP contribution < -0.4 is 5.73 Å². The van der Waals surface area contributed by atoms with Crippen LogP contribution in [0.5, 0.6) is 0 Å². The molecule has 1 aliphatic carbocycles. The number of thiazole rings is 1. The van der Waals surface area contributed by atoms with Crippen LogP contribution >= 0.6 is 11.3 Å². The summed E-state index contributed by atoms with van der Waals surface area (Å²) in [5.41, 5.74) is 9.59. The van der Waals surface area contributed by atoms with Crippen molar-refractivity contribution >= 4 is 21.7 Å². The molecular weight excluding hydrogens is 196 g/mol. The van der Waals surface area contributed by atoms with Crippen LogP contribution in [0.15, 0.2) is 11.8 Å². The number of nitrogens with zero attached hydrogens (tertiary/aromatic N) is 3. The van der Waals surface area contributed by atoms with E-state index in [1.165, 1.54) is 17.8 Å². The van der Waals surface area contributed by atoms with Gasteiger partial charge < -0.3 is 5.73 Å². The largest absolute Gasteiger partial charge is 0.320 e. The summed E-state index contributed by atoms with van der Waals surface area (Å²) in [6.45, 7) is 0. The van der Waals surface area contributed by atoms with Crippen LogP contribution in [0.4, 0.5) is 0 Å². The van der Waals surface area contributed by atoms with Crippen LogP contribution in [0, 0.1) is 0 Å². The summed E-state index contributed by atoms with van der Waals surface area (Å²) in [7, 11) is 0. The zero-order chi connectivity index (χ0) is 9.60. The lowest BCUT2D eigenvalue weighted by Gasteiger charge is -2.37. The van der Waals surface area contributed by atoms with E-state index in [0.29, 0.717) is 0 Å². The van der Waals surface area contributed by atoms with Gasteiger partial charge in [0.2, 0.25) is 0 Å². The Hall–Kier alpha value is -1.07. The summed E-state index contributed by atoms with van der Waals surface area (Å²) >= 11 is 1.53. The molecule has 0 radical (unpaired) electrons. The van der Waals surface area contributed by atoms with Gasteiger partial charge in [-0.25, -0.2) is 15.0 Å². The van der Waals surface area contributed by atoms with Gasteiger partial charge in [-0.3, -0.25) is 0 Å². The van der Waals surface area contributed by atoms with Crippen LogP contribution in [-0.4, -0.2) is 15.0 Å². The van der Waals surface area contributed by atoms with E-state index in [9.17, 15) is 0 Å². The predicted octanol–water partition coefficient (Wildman–Crippen LogP) is 1.42. The molecule has 1 aliphatic rings. The maximum Gasteiger partial charge on any atom is 0.147 e. The average Bonchev–Trinajstić information content (AvgIpc) is 2.61. The quantitative estimate of drug-likeness (QED) is 0.766. The molecule has 0 saturated heterocycles. The van der Waals surface area contributed by atoms with Crippen molar-refractivity contribution in [1.29, 1.82) is 0 Å². The Balaban J connectivity index is 2.24. The second-order valence-electron chi connectivity index (χ2n) is 3.74. The smallest absolute Gasteiger partial charge is 0.147 e. The minimum atomic E-state index is -0.241. The zero-order valence-electron chi connectivity index (χ0n) is 7.60. The summed E-state index contributed by atoms with van der Waals surface area (Å²) in [6.07, 6.45) is 4.79. The number of fused-ring (bicyclic) bond motifs is 1. The third-order valence-electron chi connectivity index (χ3n) is 2.85. The minimum absolute atomic E-state index is 0.241. The van der Waals surface area contributed by atoms with Crippen molar-refractivity contribution in [1.82, 2.24) is 15.0 Å². The molecule has 1 saturated carbocycles. The van der Waals surface area contributed by atoms with Gasteiger partial charge in [-0.05, 0) is 19.3 Å². The number of hydrogen-bond donors (Lipinski definition) is 1. The first-order valence-corrected chi connectivity index (χ1v) is 5.51. The maximum atomic E-state index is 6.22. The third kappa shape index (κ3) is 0.994. The summed E-state index contributed by atoms with van der Waals surface area (Å²) < 4.78 is 0. The molecule has 0 amide bonds. The van der Waals surface area contributed by atoms with Crippen molar-refractivity contribution in [3.63, 3.8) is 0 Å². The molecule has 2 heterocycles. The molecule has 0 aliphatic heterocycles. The molecule has 2 aromatic heterocycles. The fourth-order valence-corrected chi connectivity index (χ4v) is 2.48. The Kier molecular flexibility index (Phi) is 1.60. The van der Waals surface area contributed by atoms with Crippen molar-refractivity contribution in [3.8, 4) is 0 Å². The molecule has 14 heavy (non-hydrogen) atoms. The first-order chi connectivity index (χ1) is 6.80. The van der Waals surface area contributed by atoms with Gasteiger partial charge in [-0.2, -0.15) is 0 Å². The van der Waals surface area contributed by atoms with E-state index in [-0.39, 0.29) is 5.54 Å². The van der Waals surface area contributed by atoms with E-state index >= 15 is 0 Å². The normalized spacial score (nSPS) is 19.5. The monoisotopic (exact) mass is 206 g/mol. The van der Waals surface area contributed by atoms with Gasteiger partial charge in [-0.15, -0.1) is 11.3 Å². The van der Waals surface area contributed by atoms with Gasteiger partial charge in [-0.1, -0.05) is 0 Å². The minimum Gasteiger partial charge on any atom is -0.320 e. The summed E-state index contributed by atoms with van der Waals surface area (Å²) in [4.78, 5) is 13.7. The van der Waals surface area contributed by atoms with Crippen molar-refractivity contribution in [2.45, 2.75) is 24.8 Å². The molecule has 5 heteroatoms.